The summed E-state index contributed by atoms with van der Waals surface area (Å²) in [6.07, 6.45) is 0.726. The van der Waals surface area contributed by atoms with Crippen molar-refractivity contribution >= 4 is 35.3 Å². The van der Waals surface area contributed by atoms with Crippen molar-refractivity contribution in [2.45, 2.75) is 53.4 Å². The van der Waals surface area contributed by atoms with Gasteiger partial charge < -0.3 is 25.2 Å². The highest BCUT2D eigenvalue weighted by Crippen LogP contribution is 2.27. The topological polar surface area (TPSA) is 146 Å². The number of aryl methyl sites for hydroxylation is 2. The molecule has 3 N–H and O–H groups in total. The molecule has 3 rings (SSSR count). The summed E-state index contributed by atoms with van der Waals surface area (Å²) in [6.45, 7) is 14.8. The lowest BCUT2D eigenvalue weighted by Gasteiger charge is -2.24. The summed E-state index contributed by atoms with van der Waals surface area (Å²) in [6, 6.07) is 11.3. The quantitative estimate of drug-likeness (QED) is 0.356. The molecule has 39 heavy (non-hydrogen) atoms. The number of carbonyl (C=O) groups excluding carboxylic acids is 2. The van der Waals surface area contributed by atoms with E-state index in [-0.39, 0.29) is 23.8 Å². The van der Waals surface area contributed by atoms with E-state index >= 15 is 0 Å². The number of ether oxygens (including phenoxy) is 1. The number of esters is 1. The smallest absolute Gasteiger partial charge is 0.414 e. The Morgan fingerprint density at radius 3 is 2.05 bits per heavy atom. The lowest BCUT2D eigenvalue weighted by molar-refractivity contribution is -0.159. The first-order valence-electron chi connectivity index (χ1n) is 12.6. The van der Waals surface area contributed by atoms with Crippen LogP contribution in [0.15, 0.2) is 41.4 Å². The molecule has 0 bridgehead atoms. The van der Waals surface area contributed by atoms with E-state index in [0.29, 0.717) is 24.4 Å². The van der Waals surface area contributed by atoms with Crippen molar-refractivity contribution in [1.82, 2.24) is 4.90 Å². The van der Waals surface area contributed by atoms with Gasteiger partial charge in [0.1, 0.15) is 5.84 Å². The van der Waals surface area contributed by atoms with Crippen LogP contribution in [0, 0.1) is 13.8 Å². The lowest BCUT2D eigenvalue weighted by Crippen LogP contribution is -2.37. The number of nitrogens with zero attached hydrogens (tertiary/aromatic N) is 2. The maximum Gasteiger partial charge on any atom is 0.414 e. The third-order valence-corrected chi connectivity index (χ3v) is 6.12. The second-order valence-corrected chi connectivity index (χ2v) is 10.2. The molecule has 0 fully saturated rings. The van der Waals surface area contributed by atoms with Crippen LogP contribution in [0.3, 0.4) is 0 Å². The largest absolute Gasteiger partial charge is 0.473 e. The van der Waals surface area contributed by atoms with E-state index in [0.717, 1.165) is 18.8 Å². The minimum Gasteiger partial charge on any atom is -0.473 e. The average Bonchev–Trinajstić information content (AvgIpc) is 3.27. The first kappa shape index (κ1) is 31.0. The molecular formula is C29H37N3O7. The van der Waals surface area contributed by atoms with Crippen LogP contribution in [0.25, 0.3) is 0 Å². The molecule has 0 unspecified atom stereocenters. The summed E-state index contributed by atoms with van der Waals surface area (Å²) in [4.78, 5) is 49.4. The second-order valence-electron chi connectivity index (χ2n) is 10.2. The number of nitrogens with one attached hydrogen (secondary N) is 1. The third-order valence-electron chi connectivity index (χ3n) is 6.12. The maximum atomic E-state index is 12.7. The Morgan fingerprint density at radius 2 is 1.56 bits per heavy atom. The van der Waals surface area contributed by atoms with E-state index in [9.17, 15) is 9.59 Å². The Bertz CT molecular complexity index is 1210. The SMILES string of the molecule is CCOC(=O)c1ccc(NC(=O)CN2CCN=C2Cc2c(C)cc(C(C)(C)C)cc2C)cc1.O=C(O)C(=O)O. The van der Waals surface area contributed by atoms with Crippen LogP contribution < -0.4 is 5.32 Å². The zero-order chi connectivity index (χ0) is 29.3. The van der Waals surface area contributed by atoms with Crippen LogP contribution in [0.4, 0.5) is 5.69 Å². The van der Waals surface area contributed by atoms with Gasteiger partial charge in [0.15, 0.2) is 0 Å². The van der Waals surface area contributed by atoms with Crippen molar-refractivity contribution in [2.24, 2.45) is 4.99 Å². The van der Waals surface area contributed by atoms with Crippen LogP contribution in [0.2, 0.25) is 0 Å². The standard InChI is InChI=1S/C27H35N3O3.C2H2O4/c1-7-33-26(32)20-8-10-22(11-9-20)29-25(31)17-30-13-12-28-24(30)16-23-18(2)14-21(15-19(23)3)27(4,5)6;3-1(4)2(5)6/h8-11,14-15H,7,12-13,16-17H2,1-6H3,(H,29,31);(H,3,4)(H,5,6). The van der Waals surface area contributed by atoms with E-state index in [2.05, 4.69) is 62.0 Å². The van der Waals surface area contributed by atoms with Crippen LogP contribution >= 0.6 is 0 Å². The van der Waals surface area contributed by atoms with Gasteiger partial charge in [-0.15, -0.1) is 0 Å². The van der Waals surface area contributed by atoms with Gasteiger partial charge in [-0.2, -0.15) is 0 Å². The minimum atomic E-state index is -1.82. The van der Waals surface area contributed by atoms with E-state index in [1.165, 1.54) is 22.3 Å². The van der Waals surface area contributed by atoms with Gasteiger partial charge in [-0.25, -0.2) is 14.4 Å². The Morgan fingerprint density at radius 1 is 1.00 bits per heavy atom. The molecule has 0 saturated heterocycles. The molecule has 1 heterocycles. The molecule has 210 valence electrons. The molecule has 0 radical (unpaired) electrons. The number of carbonyl (C=O) groups is 4. The molecule has 0 spiro atoms. The van der Waals surface area contributed by atoms with Crippen molar-refractivity contribution in [1.29, 1.82) is 0 Å². The highest BCUT2D eigenvalue weighted by atomic mass is 16.5. The monoisotopic (exact) mass is 539 g/mol. The molecule has 0 atom stereocenters. The Hall–Kier alpha value is -4.21. The van der Waals surface area contributed by atoms with Crippen molar-refractivity contribution in [3.05, 3.63) is 64.2 Å². The Labute approximate surface area is 228 Å². The summed E-state index contributed by atoms with van der Waals surface area (Å²) in [5.41, 5.74) is 6.37. The number of carboxylic acids is 2. The summed E-state index contributed by atoms with van der Waals surface area (Å²) in [7, 11) is 0. The van der Waals surface area contributed by atoms with Gasteiger partial charge >= 0.3 is 17.9 Å². The second kappa shape index (κ2) is 13.5. The number of amides is 1. The maximum absolute atomic E-state index is 12.7. The zero-order valence-electron chi connectivity index (χ0n) is 23.3. The van der Waals surface area contributed by atoms with Crippen molar-refractivity contribution in [3.63, 3.8) is 0 Å². The van der Waals surface area contributed by atoms with Gasteiger partial charge in [-0.05, 0) is 72.7 Å². The van der Waals surface area contributed by atoms with Crippen molar-refractivity contribution in [3.8, 4) is 0 Å². The van der Waals surface area contributed by atoms with E-state index in [4.69, 9.17) is 24.5 Å². The third kappa shape index (κ3) is 9.24. The lowest BCUT2D eigenvalue weighted by atomic mass is 9.83. The first-order valence-corrected chi connectivity index (χ1v) is 12.6. The fourth-order valence-corrected chi connectivity index (χ4v) is 4.01. The summed E-state index contributed by atoms with van der Waals surface area (Å²) >= 11 is 0. The van der Waals surface area contributed by atoms with Crippen molar-refractivity contribution < 1.29 is 34.1 Å². The predicted molar refractivity (Wildman–Crippen MR) is 148 cm³/mol. The van der Waals surface area contributed by atoms with Gasteiger partial charge in [0, 0.05) is 18.7 Å². The number of hydrogen-bond acceptors (Lipinski definition) is 7. The molecule has 0 saturated carbocycles. The fourth-order valence-electron chi connectivity index (χ4n) is 4.01. The molecule has 10 nitrogen and oxygen atoms in total. The van der Waals surface area contributed by atoms with Crippen molar-refractivity contribution in [2.75, 3.05) is 31.6 Å². The molecule has 1 amide bonds. The number of aliphatic imine (C=N–C) groups is 1. The van der Waals surface area contributed by atoms with E-state index < -0.39 is 11.9 Å². The highest BCUT2D eigenvalue weighted by Gasteiger charge is 2.23. The number of benzene rings is 2. The van der Waals surface area contributed by atoms with Gasteiger partial charge in [-0.3, -0.25) is 9.79 Å². The molecule has 0 aliphatic carbocycles. The van der Waals surface area contributed by atoms with Crippen LogP contribution in [-0.4, -0.2) is 71.0 Å². The fraction of sp³-hybridized carbons (Fsp3) is 0.414. The summed E-state index contributed by atoms with van der Waals surface area (Å²) in [5.74, 6) is -3.16. The van der Waals surface area contributed by atoms with E-state index in [1.54, 1.807) is 31.2 Å². The summed E-state index contributed by atoms with van der Waals surface area (Å²) in [5, 5.41) is 17.7. The normalized spacial score (nSPS) is 12.7. The van der Waals surface area contributed by atoms with Gasteiger partial charge in [0.05, 0.1) is 25.3 Å². The first-order chi connectivity index (χ1) is 18.2. The number of hydrogen-bond donors (Lipinski definition) is 3. The number of anilines is 1. The molecule has 10 heteroatoms. The van der Waals surface area contributed by atoms with Gasteiger partial charge in [0.2, 0.25) is 5.91 Å². The van der Waals surface area contributed by atoms with Gasteiger partial charge in [0.25, 0.3) is 0 Å². The molecular weight excluding hydrogens is 502 g/mol. The van der Waals surface area contributed by atoms with E-state index in [1.807, 2.05) is 0 Å². The Kier molecular flexibility index (Phi) is 10.8. The molecule has 2 aromatic rings. The average molecular weight is 540 g/mol. The molecule has 1 aliphatic heterocycles. The van der Waals surface area contributed by atoms with Crippen LogP contribution in [0.5, 0.6) is 0 Å². The highest BCUT2D eigenvalue weighted by molar-refractivity contribution is 6.27. The molecule has 1 aliphatic rings. The summed E-state index contributed by atoms with van der Waals surface area (Å²) < 4.78 is 4.99. The number of amidine groups is 1. The zero-order valence-corrected chi connectivity index (χ0v) is 23.3. The number of aliphatic carboxylic acids is 2. The molecule has 2 aromatic carbocycles. The minimum absolute atomic E-state index is 0.106. The van der Waals surface area contributed by atoms with Gasteiger partial charge in [-0.1, -0.05) is 32.9 Å². The van der Waals surface area contributed by atoms with Crippen LogP contribution in [0.1, 0.15) is 60.3 Å². The molecule has 0 aromatic heterocycles. The van der Waals surface area contributed by atoms with Crippen LogP contribution in [-0.2, 0) is 31.0 Å². The number of carboxylic acid groups (broad SMARTS) is 2. The number of rotatable bonds is 7. The predicted octanol–water partition coefficient (Wildman–Crippen LogP) is 3.83. The Balaban J connectivity index is 0.000000798.